The summed E-state index contributed by atoms with van der Waals surface area (Å²) in [5.41, 5.74) is 0. The highest BCUT2D eigenvalue weighted by Gasteiger charge is 2.11. The molecule has 0 aliphatic carbocycles. The van der Waals surface area contributed by atoms with Crippen molar-refractivity contribution in [1.82, 2.24) is 20.1 Å². The van der Waals surface area contributed by atoms with Gasteiger partial charge >= 0.3 is 5.97 Å². The number of carbonyl (C=O) groups is 2. The third kappa shape index (κ3) is 4.06. The molecule has 0 saturated heterocycles. The zero-order chi connectivity index (χ0) is 12.8. The van der Waals surface area contributed by atoms with Crippen molar-refractivity contribution < 1.29 is 14.7 Å². The van der Waals surface area contributed by atoms with Gasteiger partial charge in [0.1, 0.15) is 5.82 Å². The molecular weight excluding hydrogens is 244 g/mol. The number of nitrogens with one attached hydrogen (secondary N) is 1. The lowest BCUT2D eigenvalue weighted by Crippen LogP contribution is -2.20. The smallest absolute Gasteiger partial charge is 0.313 e. The van der Waals surface area contributed by atoms with Crippen LogP contribution in [0.3, 0.4) is 0 Å². The lowest BCUT2D eigenvalue weighted by Gasteiger charge is -2.06. The van der Waals surface area contributed by atoms with Crippen LogP contribution in [0.2, 0.25) is 0 Å². The number of rotatable bonds is 6. The van der Waals surface area contributed by atoms with Gasteiger partial charge in [0.2, 0.25) is 5.91 Å². The molecule has 1 aromatic rings. The minimum atomic E-state index is -0.909. The Morgan fingerprint density at radius 2 is 2.18 bits per heavy atom. The molecule has 0 aliphatic heterocycles. The Labute approximate surface area is 103 Å². The molecule has 0 aromatic carbocycles. The van der Waals surface area contributed by atoms with Gasteiger partial charge in [0, 0.05) is 20.0 Å². The third-order valence-electron chi connectivity index (χ3n) is 2.07. The van der Waals surface area contributed by atoms with Gasteiger partial charge in [-0.25, -0.2) is 0 Å². The van der Waals surface area contributed by atoms with Gasteiger partial charge in [-0.15, -0.1) is 10.2 Å². The van der Waals surface area contributed by atoms with Crippen LogP contribution in [0.25, 0.3) is 0 Å². The first-order valence-electron chi connectivity index (χ1n) is 4.99. The summed E-state index contributed by atoms with van der Waals surface area (Å²) in [7, 11) is 1.57. The van der Waals surface area contributed by atoms with Gasteiger partial charge in [0.25, 0.3) is 0 Å². The Kier molecular flexibility index (Phi) is 4.95. The van der Waals surface area contributed by atoms with E-state index in [0.29, 0.717) is 23.9 Å². The minimum Gasteiger partial charge on any atom is -0.481 e. The number of aromatic nitrogens is 3. The Hall–Kier alpha value is -1.57. The summed E-state index contributed by atoms with van der Waals surface area (Å²) < 4.78 is 1.74. The van der Waals surface area contributed by atoms with Crippen LogP contribution in [0.15, 0.2) is 5.16 Å². The van der Waals surface area contributed by atoms with Crippen LogP contribution in [-0.2, 0) is 16.1 Å². The van der Waals surface area contributed by atoms with Gasteiger partial charge in [-0.05, 0) is 6.92 Å². The number of hydrogen-bond donors (Lipinski definition) is 2. The first-order valence-corrected chi connectivity index (χ1v) is 5.98. The van der Waals surface area contributed by atoms with E-state index >= 15 is 0 Å². The summed E-state index contributed by atoms with van der Waals surface area (Å²) in [6, 6.07) is 0. The van der Waals surface area contributed by atoms with Crippen LogP contribution in [0.5, 0.6) is 0 Å². The Morgan fingerprint density at radius 3 is 2.76 bits per heavy atom. The SMILES string of the molecule is CNC(=O)CCn1c(C)nnc1SCC(=O)O. The molecule has 0 fully saturated rings. The van der Waals surface area contributed by atoms with E-state index in [-0.39, 0.29) is 11.7 Å². The van der Waals surface area contributed by atoms with Crippen molar-refractivity contribution in [1.29, 1.82) is 0 Å². The number of aliphatic carboxylic acids is 1. The van der Waals surface area contributed by atoms with Crippen LogP contribution in [-0.4, -0.2) is 44.5 Å². The van der Waals surface area contributed by atoms with Gasteiger partial charge in [-0.3, -0.25) is 9.59 Å². The zero-order valence-electron chi connectivity index (χ0n) is 9.63. The number of aryl methyl sites for hydroxylation is 1. The van der Waals surface area contributed by atoms with Crippen molar-refractivity contribution in [3.8, 4) is 0 Å². The Morgan fingerprint density at radius 1 is 1.47 bits per heavy atom. The summed E-state index contributed by atoms with van der Waals surface area (Å²) in [5.74, 6) is -0.388. The fraction of sp³-hybridized carbons (Fsp3) is 0.556. The number of carbonyl (C=O) groups excluding carboxylic acids is 1. The van der Waals surface area contributed by atoms with Crippen LogP contribution < -0.4 is 5.32 Å². The second-order valence-electron chi connectivity index (χ2n) is 3.29. The quantitative estimate of drug-likeness (QED) is 0.691. The van der Waals surface area contributed by atoms with Gasteiger partial charge in [-0.1, -0.05) is 11.8 Å². The number of nitrogens with zero attached hydrogens (tertiary/aromatic N) is 3. The van der Waals surface area contributed by atoms with Crippen LogP contribution in [0.4, 0.5) is 0 Å². The summed E-state index contributed by atoms with van der Waals surface area (Å²) in [4.78, 5) is 21.6. The van der Waals surface area contributed by atoms with Crippen LogP contribution >= 0.6 is 11.8 Å². The van der Waals surface area contributed by atoms with Crippen molar-refractivity contribution >= 4 is 23.6 Å². The molecule has 0 aliphatic rings. The fourth-order valence-electron chi connectivity index (χ4n) is 1.19. The molecule has 2 N–H and O–H groups in total. The summed E-state index contributed by atoms with van der Waals surface area (Å²) in [6.07, 6.45) is 0.315. The molecule has 1 heterocycles. The van der Waals surface area contributed by atoms with E-state index in [2.05, 4.69) is 15.5 Å². The highest BCUT2D eigenvalue weighted by molar-refractivity contribution is 7.99. The van der Waals surface area contributed by atoms with Crippen molar-refractivity contribution in [2.45, 2.75) is 25.0 Å². The maximum Gasteiger partial charge on any atom is 0.313 e. The highest BCUT2D eigenvalue weighted by atomic mass is 32.2. The Balaban J connectivity index is 2.65. The second kappa shape index (κ2) is 6.24. The van der Waals surface area contributed by atoms with Gasteiger partial charge in [0.05, 0.1) is 5.75 Å². The number of hydrogen-bond acceptors (Lipinski definition) is 5. The highest BCUT2D eigenvalue weighted by Crippen LogP contribution is 2.16. The number of amides is 1. The molecule has 1 rings (SSSR count). The molecule has 17 heavy (non-hydrogen) atoms. The summed E-state index contributed by atoms with van der Waals surface area (Å²) in [6.45, 7) is 2.21. The normalized spacial score (nSPS) is 10.2. The van der Waals surface area contributed by atoms with Gasteiger partial charge in [0.15, 0.2) is 5.16 Å². The van der Waals surface area contributed by atoms with E-state index in [1.165, 1.54) is 0 Å². The number of carboxylic acids is 1. The maximum atomic E-state index is 11.1. The molecule has 8 heteroatoms. The van der Waals surface area contributed by atoms with Crippen molar-refractivity contribution in [3.63, 3.8) is 0 Å². The van der Waals surface area contributed by atoms with Gasteiger partial charge in [-0.2, -0.15) is 0 Å². The van der Waals surface area contributed by atoms with E-state index in [4.69, 9.17) is 5.11 Å². The topological polar surface area (TPSA) is 97.1 Å². The molecule has 0 unspecified atom stereocenters. The van der Waals surface area contributed by atoms with E-state index in [1.54, 1.807) is 18.5 Å². The van der Waals surface area contributed by atoms with Crippen molar-refractivity contribution in [2.24, 2.45) is 0 Å². The fourth-order valence-corrected chi connectivity index (χ4v) is 1.92. The molecule has 0 bridgehead atoms. The molecule has 0 saturated carbocycles. The summed E-state index contributed by atoms with van der Waals surface area (Å²) >= 11 is 1.09. The minimum absolute atomic E-state index is 0.0713. The summed E-state index contributed by atoms with van der Waals surface area (Å²) in [5, 5.41) is 19.4. The zero-order valence-corrected chi connectivity index (χ0v) is 10.5. The lowest BCUT2D eigenvalue weighted by molar-refractivity contribution is -0.134. The molecule has 7 nitrogen and oxygen atoms in total. The monoisotopic (exact) mass is 258 g/mol. The molecule has 1 amide bonds. The van der Waals surface area contributed by atoms with Crippen molar-refractivity contribution in [2.75, 3.05) is 12.8 Å². The number of thioether (sulfide) groups is 1. The van der Waals surface area contributed by atoms with E-state index in [0.717, 1.165) is 11.8 Å². The third-order valence-corrected chi connectivity index (χ3v) is 3.02. The molecule has 0 atom stereocenters. The predicted molar refractivity (Wildman–Crippen MR) is 61.8 cm³/mol. The van der Waals surface area contributed by atoms with Crippen LogP contribution in [0.1, 0.15) is 12.2 Å². The second-order valence-corrected chi connectivity index (χ2v) is 4.23. The van der Waals surface area contributed by atoms with E-state index in [1.807, 2.05) is 0 Å². The molecule has 94 valence electrons. The van der Waals surface area contributed by atoms with E-state index in [9.17, 15) is 9.59 Å². The van der Waals surface area contributed by atoms with Gasteiger partial charge < -0.3 is 15.0 Å². The first kappa shape index (κ1) is 13.5. The van der Waals surface area contributed by atoms with E-state index < -0.39 is 5.97 Å². The lowest BCUT2D eigenvalue weighted by atomic mass is 10.4. The standard InChI is InChI=1S/C9H14N4O3S/c1-6-11-12-9(17-5-8(15)16)13(6)4-3-7(14)10-2/h3-5H2,1-2H3,(H,10,14)(H,15,16). The van der Waals surface area contributed by atoms with Crippen LogP contribution in [0, 0.1) is 6.92 Å². The maximum absolute atomic E-state index is 11.1. The average Bonchev–Trinajstić information content (AvgIpc) is 2.64. The Bertz CT molecular complexity index is 418. The largest absolute Gasteiger partial charge is 0.481 e. The average molecular weight is 258 g/mol. The molecule has 0 radical (unpaired) electrons. The molecule has 0 spiro atoms. The first-order chi connectivity index (χ1) is 8.04. The number of carboxylic acid groups (broad SMARTS) is 1. The molecular formula is C9H14N4O3S. The van der Waals surface area contributed by atoms with Crippen molar-refractivity contribution in [3.05, 3.63) is 5.82 Å². The predicted octanol–water partition coefficient (Wildman–Crippen LogP) is -0.101. The molecule has 1 aromatic heterocycles.